The van der Waals surface area contributed by atoms with E-state index in [0.29, 0.717) is 38.8 Å². The van der Waals surface area contributed by atoms with E-state index in [2.05, 4.69) is 34.9 Å². The molecule has 3 aliphatic heterocycles. The molecule has 2 aromatic heterocycles. The van der Waals surface area contributed by atoms with Gasteiger partial charge in [0.05, 0.1) is 53.7 Å². The molecule has 1 amide bonds. The van der Waals surface area contributed by atoms with Gasteiger partial charge in [0.15, 0.2) is 6.23 Å². The number of nitrogens with zero attached hydrogens (tertiary/aromatic N) is 8. The second-order valence-electron chi connectivity index (χ2n) is 14.3. The van der Waals surface area contributed by atoms with Gasteiger partial charge in [-0.25, -0.2) is 9.48 Å². The van der Waals surface area contributed by atoms with Gasteiger partial charge >= 0.3 is 12.1 Å². The molecule has 51 heavy (non-hydrogen) atoms. The van der Waals surface area contributed by atoms with Gasteiger partial charge in [-0.3, -0.25) is 0 Å². The molecule has 2 N–H and O–H groups in total. The average Bonchev–Trinajstić information content (AvgIpc) is 3.75. The molecule has 1 aliphatic carbocycles. The number of nitriles is 1. The van der Waals surface area contributed by atoms with Crippen LogP contribution in [0.3, 0.4) is 0 Å². The van der Waals surface area contributed by atoms with Crippen molar-refractivity contribution in [3.63, 3.8) is 0 Å². The van der Waals surface area contributed by atoms with Crippen molar-refractivity contribution < 1.29 is 19.0 Å². The van der Waals surface area contributed by atoms with Crippen LogP contribution in [0.4, 0.5) is 16.3 Å². The van der Waals surface area contributed by atoms with Crippen molar-refractivity contribution in [1.82, 2.24) is 24.6 Å². The third-order valence-corrected chi connectivity index (χ3v) is 10.7. The molecule has 0 bridgehead atoms. The van der Waals surface area contributed by atoms with E-state index in [0.717, 1.165) is 90.9 Å². The Labute approximate surface area is 297 Å². The number of carbonyl (C=O) groups is 1. The number of benzene rings is 2. The molecule has 2 aromatic carbocycles. The maximum Gasteiger partial charge on any atom is 0.410 e. The summed E-state index contributed by atoms with van der Waals surface area (Å²) in [5.41, 5.74) is 12.4. The van der Waals surface area contributed by atoms with Crippen LogP contribution in [0.1, 0.15) is 67.1 Å². The maximum absolute atomic E-state index is 13.3. The molecule has 8 rings (SSSR count). The van der Waals surface area contributed by atoms with Crippen LogP contribution in [0.2, 0.25) is 0 Å². The summed E-state index contributed by atoms with van der Waals surface area (Å²) in [4.78, 5) is 29.5. The Bertz CT molecular complexity index is 1930. The van der Waals surface area contributed by atoms with Gasteiger partial charge in [0, 0.05) is 43.7 Å². The zero-order valence-electron chi connectivity index (χ0n) is 29.2. The molecule has 2 atom stereocenters. The summed E-state index contributed by atoms with van der Waals surface area (Å²) in [7, 11) is 0. The van der Waals surface area contributed by atoms with Gasteiger partial charge in [0.25, 0.3) is 0 Å². The third-order valence-electron chi connectivity index (χ3n) is 10.7. The molecule has 3 fully saturated rings. The fourth-order valence-electron chi connectivity index (χ4n) is 7.57. The van der Waals surface area contributed by atoms with Crippen molar-refractivity contribution >= 4 is 28.5 Å². The third kappa shape index (κ3) is 6.90. The second kappa shape index (κ2) is 14.0. The van der Waals surface area contributed by atoms with Crippen LogP contribution in [0.5, 0.6) is 6.01 Å². The van der Waals surface area contributed by atoms with Crippen LogP contribution in [0, 0.1) is 18.3 Å². The van der Waals surface area contributed by atoms with Crippen molar-refractivity contribution in [2.75, 3.05) is 49.2 Å². The highest BCUT2D eigenvalue weighted by molar-refractivity contribution is 5.94. The standard InChI is InChI=1S/C38H45N9O4/c1-26-10-11-32-30(21-41-47(32)33-9-5-6-20-49-33)34(26)44-17-13-29-31(23-44)42-36(51-25-38(40)14-15-38)43-35(29)45-18-19-46(28(22-45)12-16-39)37(48)50-24-27-7-3-2-4-8-27/h2-4,7-8,10-11,21,28,33H,5-6,9,12-15,17-20,22-25,40H2,1H3/t28-,33?/m0/s1. The average molecular weight is 692 g/mol. The largest absolute Gasteiger partial charge is 0.461 e. The number of anilines is 2. The van der Waals surface area contributed by atoms with Gasteiger partial charge in [-0.2, -0.15) is 20.3 Å². The number of aryl methyl sites for hydroxylation is 1. The number of hydrogen-bond donors (Lipinski definition) is 1. The Morgan fingerprint density at radius 2 is 1.96 bits per heavy atom. The molecule has 2 saturated heterocycles. The van der Waals surface area contributed by atoms with E-state index in [-0.39, 0.29) is 30.8 Å². The van der Waals surface area contributed by atoms with Crippen LogP contribution in [-0.4, -0.2) is 81.7 Å². The van der Waals surface area contributed by atoms with Crippen molar-refractivity contribution in [3.8, 4) is 12.1 Å². The number of aromatic nitrogens is 4. The van der Waals surface area contributed by atoms with Crippen molar-refractivity contribution in [1.29, 1.82) is 5.26 Å². The van der Waals surface area contributed by atoms with Crippen LogP contribution < -0.4 is 20.3 Å². The number of carbonyl (C=O) groups excluding carboxylic acids is 1. The first-order valence-corrected chi connectivity index (χ1v) is 18.1. The lowest BCUT2D eigenvalue weighted by Gasteiger charge is -2.42. The smallest absolute Gasteiger partial charge is 0.410 e. The molecule has 5 heterocycles. The fraction of sp³-hybridized carbons (Fsp3) is 0.500. The van der Waals surface area contributed by atoms with Gasteiger partial charge in [-0.1, -0.05) is 36.4 Å². The Balaban J connectivity index is 1.06. The summed E-state index contributed by atoms with van der Waals surface area (Å²) < 4.78 is 20.0. The van der Waals surface area contributed by atoms with Crippen LogP contribution in [0.15, 0.2) is 48.7 Å². The van der Waals surface area contributed by atoms with E-state index >= 15 is 0 Å². The van der Waals surface area contributed by atoms with Crippen molar-refractivity contribution in [2.24, 2.45) is 5.73 Å². The number of rotatable bonds is 9. The molecule has 266 valence electrons. The van der Waals surface area contributed by atoms with E-state index in [4.69, 9.17) is 35.0 Å². The summed E-state index contributed by atoms with van der Waals surface area (Å²) in [5, 5.41) is 15.7. The zero-order valence-corrected chi connectivity index (χ0v) is 29.2. The van der Waals surface area contributed by atoms with Gasteiger partial charge in [0.1, 0.15) is 19.0 Å². The Morgan fingerprint density at radius 3 is 2.75 bits per heavy atom. The number of nitrogens with two attached hydrogens (primary N) is 1. The summed E-state index contributed by atoms with van der Waals surface area (Å²) in [6.07, 6.45) is 7.44. The maximum atomic E-state index is 13.3. The van der Waals surface area contributed by atoms with Crippen LogP contribution in [0.25, 0.3) is 10.9 Å². The number of fused-ring (bicyclic) bond motifs is 2. The first-order chi connectivity index (χ1) is 24.9. The Kier molecular flexibility index (Phi) is 9.12. The topological polar surface area (TPSA) is 148 Å². The predicted molar refractivity (Wildman–Crippen MR) is 191 cm³/mol. The number of amides is 1. The molecule has 13 nitrogen and oxygen atoms in total. The van der Waals surface area contributed by atoms with Gasteiger partial charge in [0.2, 0.25) is 0 Å². The summed E-state index contributed by atoms with van der Waals surface area (Å²) >= 11 is 0. The summed E-state index contributed by atoms with van der Waals surface area (Å²) in [5.74, 6) is 0.800. The molecular formula is C38H45N9O4. The normalized spacial score (nSPS) is 21.2. The molecule has 0 spiro atoms. The molecule has 4 aromatic rings. The highest BCUT2D eigenvalue weighted by Crippen LogP contribution is 2.38. The van der Waals surface area contributed by atoms with Crippen molar-refractivity contribution in [2.45, 2.75) is 82.8 Å². The first-order valence-electron chi connectivity index (χ1n) is 18.1. The number of hydrogen-bond acceptors (Lipinski definition) is 11. The van der Waals surface area contributed by atoms with Crippen molar-refractivity contribution in [3.05, 3.63) is 71.0 Å². The Hall–Kier alpha value is -4.93. The van der Waals surface area contributed by atoms with Crippen LogP contribution >= 0.6 is 0 Å². The van der Waals surface area contributed by atoms with E-state index in [1.54, 1.807) is 4.90 Å². The fourth-order valence-corrected chi connectivity index (χ4v) is 7.57. The van der Waals surface area contributed by atoms with Gasteiger partial charge in [-0.15, -0.1) is 0 Å². The Morgan fingerprint density at radius 1 is 1.10 bits per heavy atom. The second-order valence-corrected chi connectivity index (χ2v) is 14.3. The summed E-state index contributed by atoms with van der Waals surface area (Å²) in [6, 6.07) is 16.2. The lowest BCUT2D eigenvalue weighted by molar-refractivity contribution is -0.0366. The molecule has 1 unspecified atom stereocenters. The molecule has 4 aliphatic rings. The lowest BCUT2D eigenvalue weighted by Crippen LogP contribution is -2.55. The first kappa shape index (κ1) is 33.2. The minimum Gasteiger partial charge on any atom is -0.461 e. The van der Waals surface area contributed by atoms with E-state index in [1.165, 1.54) is 5.56 Å². The minimum absolute atomic E-state index is 0.0442. The predicted octanol–water partition coefficient (Wildman–Crippen LogP) is 5.01. The van der Waals surface area contributed by atoms with Gasteiger partial charge < -0.3 is 34.6 Å². The molecular weight excluding hydrogens is 646 g/mol. The zero-order chi connectivity index (χ0) is 35.0. The highest BCUT2D eigenvalue weighted by Gasteiger charge is 2.40. The summed E-state index contributed by atoms with van der Waals surface area (Å²) in [6.45, 7) is 6.18. The SMILES string of the molecule is Cc1ccc2c(cnn2C2CCCCO2)c1N1CCc2c(nc(OCC3(N)CC3)nc2N2CCN(C(=O)OCc3ccccc3)[C@@H](CC#N)C2)C1. The molecule has 0 radical (unpaired) electrons. The number of ether oxygens (including phenoxy) is 3. The highest BCUT2D eigenvalue weighted by atomic mass is 16.6. The number of piperazine rings is 1. The van der Waals surface area contributed by atoms with E-state index in [1.807, 2.05) is 41.2 Å². The minimum atomic E-state index is -0.413. The van der Waals surface area contributed by atoms with Crippen LogP contribution in [-0.2, 0) is 29.0 Å². The van der Waals surface area contributed by atoms with Gasteiger partial charge in [-0.05, 0) is 62.6 Å². The van der Waals surface area contributed by atoms with E-state index < -0.39 is 6.09 Å². The lowest BCUT2D eigenvalue weighted by atomic mass is 10.0. The monoisotopic (exact) mass is 691 g/mol. The quantitative estimate of drug-likeness (QED) is 0.253. The molecule has 1 saturated carbocycles. The van der Waals surface area contributed by atoms with E-state index in [9.17, 15) is 10.1 Å². The molecule has 13 heteroatoms.